The van der Waals surface area contributed by atoms with Gasteiger partial charge in [0.05, 0.1) is 6.54 Å². The second kappa shape index (κ2) is 6.99. The van der Waals surface area contributed by atoms with Crippen molar-refractivity contribution >= 4 is 11.9 Å². The number of aromatic nitrogens is 2. The average molecular weight is 288 g/mol. The summed E-state index contributed by atoms with van der Waals surface area (Å²) in [5, 5.41) is 10.4. The Hall–Kier alpha value is -2.21. The molecule has 0 bridgehead atoms. The molecule has 112 valence electrons. The number of hydrogen-bond acceptors (Lipinski definition) is 5. The standard InChI is InChI=1S/C15H20N4O2/c1-4-19(5-2)10-13(20)16-15-18-17-14(21-15)12-8-6-11(3)7-9-12/h6-9H,4-5,10H2,1-3H3,(H,16,18,20). The number of carbonyl (C=O) groups is 1. The highest BCUT2D eigenvalue weighted by Gasteiger charge is 2.13. The highest BCUT2D eigenvalue weighted by molar-refractivity contribution is 5.90. The number of amides is 1. The van der Waals surface area contributed by atoms with Crippen LogP contribution in [0, 0.1) is 6.92 Å². The largest absolute Gasteiger partial charge is 0.403 e. The number of benzene rings is 1. The smallest absolute Gasteiger partial charge is 0.322 e. The van der Waals surface area contributed by atoms with Crippen LogP contribution in [-0.4, -0.2) is 40.6 Å². The normalized spacial score (nSPS) is 10.9. The van der Waals surface area contributed by atoms with E-state index in [2.05, 4.69) is 15.5 Å². The Morgan fingerprint density at radius 2 is 1.86 bits per heavy atom. The topological polar surface area (TPSA) is 71.3 Å². The first kappa shape index (κ1) is 15.2. The van der Waals surface area contributed by atoms with Crippen LogP contribution >= 0.6 is 0 Å². The van der Waals surface area contributed by atoms with Crippen molar-refractivity contribution < 1.29 is 9.21 Å². The lowest BCUT2D eigenvalue weighted by Gasteiger charge is -2.16. The van der Waals surface area contributed by atoms with E-state index in [1.807, 2.05) is 49.9 Å². The van der Waals surface area contributed by atoms with E-state index in [0.717, 1.165) is 24.2 Å². The quantitative estimate of drug-likeness (QED) is 0.883. The maximum atomic E-state index is 11.9. The van der Waals surface area contributed by atoms with Crippen molar-refractivity contribution in [2.45, 2.75) is 20.8 Å². The molecule has 1 aromatic heterocycles. The van der Waals surface area contributed by atoms with Gasteiger partial charge in [0.15, 0.2) is 0 Å². The minimum Gasteiger partial charge on any atom is -0.403 e. The summed E-state index contributed by atoms with van der Waals surface area (Å²) in [4.78, 5) is 13.9. The lowest BCUT2D eigenvalue weighted by molar-refractivity contribution is -0.117. The Morgan fingerprint density at radius 3 is 2.48 bits per heavy atom. The van der Waals surface area contributed by atoms with Crippen molar-refractivity contribution in [3.05, 3.63) is 29.8 Å². The number of carbonyl (C=O) groups excluding carboxylic acids is 1. The molecule has 1 amide bonds. The number of nitrogens with zero attached hydrogens (tertiary/aromatic N) is 3. The van der Waals surface area contributed by atoms with Crippen LogP contribution in [0.1, 0.15) is 19.4 Å². The molecule has 2 aromatic rings. The Labute approximate surface area is 124 Å². The fourth-order valence-electron chi connectivity index (χ4n) is 1.90. The molecule has 0 unspecified atom stereocenters. The molecular formula is C15H20N4O2. The molecule has 0 spiro atoms. The number of aryl methyl sites for hydroxylation is 1. The van der Waals surface area contributed by atoms with Crippen LogP contribution in [0.5, 0.6) is 0 Å². The van der Waals surface area contributed by atoms with Gasteiger partial charge in [0.25, 0.3) is 0 Å². The SMILES string of the molecule is CCN(CC)CC(=O)Nc1nnc(-c2ccc(C)cc2)o1. The van der Waals surface area contributed by atoms with Gasteiger partial charge in [0.1, 0.15) is 0 Å². The summed E-state index contributed by atoms with van der Waals surface area (Å²) >= 11 is 0. The van der Waals surface area contributed by atoms with Gasteiger partial charge in [0, 0.05) is 5.56 Å². The number of anilines is 1. The number of rotatable bonds is 6. The lowest BCUT2D eigenvalue weighted by Crippen LogP contribution is -2.32. The van der Waals surface area contributed by atoms with Gasteiger partial charge in [-0.1, -0.05) is 36.6 Å². The van der Waals surface area contributed by atoms with Gasteiger partial charge in [-0.05, 0) is 32.1 Å². The summed E-state index contributed by atoms with van der Waals surface area (Å²) in [5.74, 6) is 0.242. The fourth-order valence-corrected chi connectivity index (χ4v) is 1.90. The zero-order valence-electron chi connectivity index (χ0n) is 12.6. The van der Waals surface area contributed by atoms with Gasteiger partial charge in [-0.2, -0.15) is 0 Å². The van der Waals surface area contributed by atoms with Crippen LogP contribution in [-0.2, 0) is 4.79 Å². The monoisotopic (exact) mass is 288 g/mol. The predicted octanol–water partition coefficient (Wildman–Crippen LogP) is 2.33. The first-order chi connectivity index (χ1) is 10.1. The van der Waals surface area contributed by atoms with Crippen LogP contribution in [0.15, 0.2) is 28.7 Å². The van der Waals surface area contributed by atoms with Crippen LogP contribution in [0.2, 0.25) is 0 Å². The van der Waals surface area contributed by atoms with Crippen molar-refractivity contribution in [2.75, 3.05) is 25.0 Å². The Bertz CT molecular complexity index is 588. The van der Waals surface area contributed by atoms with Gasteiger partial charge in [-0.3, -0.25) is 15.0 Å². The molecular weight excluding hydrogens is 268 g/mol. The molecule has 2 rings (SSSR count). The van der Waals surface area contributed by atoms with E-state index in [1.54, 1.807) is 0 Å². The van der Waals surface area contributed by atoms with Crippen molar-refractivity contribution in [1.29, 1.82) is 0 Å². The van der Waals surface area contributed by atoms with Gasteiger partial charge < -0.3 is 4.42 Å². The molecule has 0 aliphatic heterocycles. The van der Waals surface area contributed by atoms with E-state index in [1.165, 1.54) is 0 Å². The third-order valence-electron chi connectivity index (χ3n) is 3.23. The van der Waals surface area contributed by atoms with Gasteiger partial charge >= 0.3 is 6.01 Å². The molecule has 1 aromatic carbocycles. The predicted molar refractivity (Wildman–Crippen MR) is 80.9 cm³/mol. The molecule has 1 N–H and O–H groups in total. The summed E-state index contributed by atoms with van der Waals surface area (Å²) in [6, 6.07) is 7.88. The van der Waals surface area contributed by atoms with Gasteiger partial charge in [-0.25, -0.2) is 0 Å². The molecule has 0 saturated heterocycles. The summed E-state index contributed by atoms with van der Waals surface area (Å²) < 4.78 is 5.46. The van der Waals surface area contributed by atoms with E-state index in [9.17, 15) is 4.79 Å². The van der Waals surface area contributed by atoms with Crippen molar-refractivity contribution in [1.82, 2.24) is 15.1 Å². The van der Waals surface area contributed by atoms with E-state index < -0.39 is 0 Å². The Morgan fingerprint density at radius 1 is 1.19 bits per heavy atom. The molecule has 6 nitrogen and oxygen atoms in total. The number of hydrogen-bond donors (Lipinski definition) is 1. The maximum absolute atomic E-state index is 11.9. The zero-order chi connectivity index (χ0) is 15.2. The molecule has 0 fully saturated rings. The summed E-state index contributed by atoms with van der Waals surface area (Å²) in [5.41, 5.74) is 1.99. The summed E-state index contributed by atoms with van der Waals surface area (Å²) in [7, 11) is 0. The highest BCUT2D eigenvalue weighted by Crippen LogP contribution is 2.19. The highest BCUT2D eigenvalue weighted by atomic mass is 16.4. The van der Waals surface area contributed by atoms with E-state index >= 15 is 0 Å². The molecule has 0 aliphatic rings. The van der Waals surface area contributed by atoms with E-state index in [0.29, 0.717) is 12.4 Å². The van der Waals surface area contributed by atoms with Gasteiger partial charge in [0.2, 0.25) is 11.8 Å². The third kappa shape index (κ3) is 4.13. The van der Waals surface area contributed by atoms with E-state index in [4.69, 9.17) is 4.42 Å². The first-order valence-electron chi connectivity index (χ1n) is 7.05. The van der Waals surface area contributed by atoms with Crippen LogP contribution in [0.3, 0.4) is 0 Å². The van der Waals surface area contributed by atoms with Crippen molar-refractivity contribution in [3.8, 4) is 11.5 Å². The second-order valence-corrected chi connectivity index (χ2v) is 4.79. The van der Waals surface area contributed by atoms with Crippen LogP contribution in [0.4, 0.5) is 6.01 Å². The van der Waals surface area contributed by atoms with Crippen LogP contribution < -0.4 is 5.32 Å². The maximum Gasteiger partial charge on any atom is 0.322 e. The second-order valence-electron chi connectivity index (χ2n) is 4.79. The molecule has 0 aliphatic carbocycles. The minimum absolute atomic E-state index is 0.128. The van der Waals surface area contributed by atoms with Crippen molar-refractivity contribution in [3.63, 3.8) is 0 Å². The Balaban J connectivity index is 2.00. The fraction of sp³-hybridized carbons (Fsp3) is 0.400. The zero-order valence-corrected chi connectivity index (χ0v) is 12.6. The third-order valence-corrected chi connectivity index (χ3v) is 3.23. The Kier molecular flexibility index (Phi) is 5.05. The number of nitrogens with one attached hydrogen (secondary N) is 1. The van der Waals surface area contributed by atoms with Crippen molar-refractivity contribution in [2.24, 2.45) is 0 Å². The molecule has 0 radical (unpaired) electrons. The molecule has 0 atom stereocenters. The first-order valence-corrected chi connectivity index (χ1v) is 7.05. The molecule has 6 heteroatoms. The lowest BCUT2D eigenvalue weighted by atomic mass is 10.1. The molecule has 21 heavy (non-hydrogen) atoms. The molecule has 1 heterocycles. The van der Waals surface area contributed by atoms with Crippen LogP contribution in [0.25, 0.3) is 11.5 Å². The van der Waals surface area contributed by atoms with E-state index in [-0.39, 0.29) is 11.9 Å². The van der Waals surface area contributed by atoms with Gasteiger partial charge in [-0.15, -0.1) is 5.10 Å². The number of likely N-dealkylation sites (N-methyl/N-ethyl adjacent to an activating group) is 1. The minimum atomic E-state index is -0.155. The molecule has 0 saturated carbocycles. The summed E-state index contributed by atoms with van der Waals surface area (Å²) in [6.07, 6.45) is 0. The average Bonchev–Trinajstić information content (AvgIpc) is 2.94. The summed E-state index contributed by atoms with van der Waals surface area (Å²) in [6.45, 7) is 7.99.